The highest BCUT2D eigenvalue weighted by atomic mass is 16.6. The molecule has 13 heavy (non-hydrogen) atoms. The average molecular weight is 179 g/mol. The monoisotopic (exact) mass is 179 g/mol. The zero-order valence-corrected chi connectivity index (χ0v) is 7.82. The van der Waals surface area contributed by atoms with Gasteiger partial charge in [0.1, 0.15) is 12.4 Å². The van der Waals surface area contributed by atoms with Crippen molar-refractivity contribution in [2.75, 3.05) is 6.61 Å². The number of benzene rings is 1. The van der Waals surface area contributed by atoms with E-state index in [1.165, 1.54) is 0 Å². The lowest BCUT2D eigenvalue weighted by Gasteiger charge is -1.98. The Kier molecular flexibility index (Phi) is 3.31. The molecule has 3 nitrogen and oxygen atoms in total. The predicted octanol–water partition coefficient (Wildman–Crippen LogP) is 2.07. The van der Waals surface area contributed by atoms with Crippen LogP contribution in [0.5, 0.6) is 5.75 Å². The summed E-state index contributed by atoms with van der Waals surface area (Å²) in [6.45, 7) is 4.28. The number of hydrogen-bond donors (Lipinski definition) is 1. The van der Waals surface area contributed by atoms with Crippen molar-refractivity contribution in [1.82, 2.24) is 0 Å². The van der Waals surface area contributed by atoms with Gasteiger partial charge in [0, 0.05) is 0 Å². The van der Waals surface area contributed by atoms with Crippen molar-refractivity contribution < 1.29 is 9.94 Å². The number of aryl methyl sites for hydroxylation is 1. The van der Waals surface area contributed by atoms with Crippen LogP contribution in [0.2, 0.25) is 0 Å². The van der Waals surface area contributed by atoms with Gasteiger partial charge in [-0.15, -0.1) is 0 Å². The van der Waals surface area contributed by atoms with Crippen LogP contribution >= 0.6 is 0 Å². The maximum absolute atomic E-state index is 9.24. The lowest BCUT2D eigenvalue weighted by Crippen LogP contribution is -1.85. The molecule has 0 spiro atoms. The Labute approximate surface area is 77.6 Å². The zero-order valence-electron chi connectivity index (χ0n) is 7.82. The van der Waals surface area contributed by atoms with Crippen LogP contribution in [0.1, 0.15) is 18.1 Å². The molecular weight excluding hydrogens is 166 g/mol. The molecule has 0 bridgehead atoms. The maximum atomic E-state index is 9.24. The van der Waals surface area contributed by atoms with E-state index in [2.05, 4.69) is 5.16 Å². The molecule has 0 heterocycles. The molecule has 0 radical (unpaired) electrons. The third kappa shape index (κ3) is 2.78. The van der Waals surface area contributed by atoms with Crippen LogP contribution in [0, 0.1) is 6.92 Å². The highest BCUT2D eigenvalue weighted by Crippen LogP contribution is 2.15. The van der Waals surface area contributed by atoms with Crippen molar-refractivity contribution in [3.8, 4) is 5.75 Å². The minimum Gasteiger partial charge on any atom is -0.508 e. The number of nitrogens with zero attached hydrogens (tertiary/aromatic N) is 1. The molecule has 0 fully saturated rings. The molecule has 1 aromatic carbocycles. The lowest BCUT2D eigenvalue weighted by molar-refractivity contribution is 0.160. The van der Waals surface area contributed by atoms with Crippen molar-refractivity contribution >= 4 is 6.21 Å². The average Bonchev–Trinajstić information content (AvgIpc) is 2.12. The second kappa shape index (κ2) is 4.50. The summed E-state index contributed by atoms with van der Waals surface area (Å²) in [5.74, 6) is 0.300. The molecule has 1 rings (SSSR count). The van der Waals surface area contributed by atoms with E-state index < -0.39 is 0 Å². The predicted molar refractivity (Wildman–Crippen MR) is 52.1 cm³/mol. The molecule has 70 valence electrons. The fourth-order valence-electron chi connectivity index (χ4n) is 0.932. The largest absolute Gasteiger partial charge is 0.508 e. The number of phenols is 1. The zero-order chi connectivity index (χ0) is 9.68. The standard InChI is InChI=1S/C10H13NO2/c1-3-13-11-7-9-4-5-10(12)8(2)6-9/h4-7,12H,3H2,1-2H3/b11-7+. The second-order valence-electron chi connectivity index (χ2n) is 2.70. The van der Waals surface area contributed by atoms with E-state index in [9.17, 15) is 5.11 Å². The van der Waals surface area contributed by atoms with E-state index in [0.717, 1.165) is 11.1 Å². The van der Waals surface area contributed by atoms with E-state index in [-0.39, 0.29) is 0 Å². The van der Waals surface area contributed by atoms with Gasteiger partial charge in [-0.2, -0.15) is 0 Å². The fourth-order valence-corrected chi connectivity index (χ4v) is 0.932. The van der Waals surface area contributed by atoms with Gasteiger partial charge >= 0.3 is 0 Å². The number of hydrogen-bond acceptors (Lipinski definition) is 3. The van der Waals surface area contributed by atoms with Crippen LogP contribution in [0.3, 0.4) is 0 Å². The van der Waals surface area contributed by atoms with Crippen molar-refractivity contribution in [3.63, 3.8) is 0 Å². The first-order valence-corrected chi connectivity index (χ1v) is 4.19. The van der Waals surface area contributed by atoms with Crippen LogP contribution in [-0.2, 0) is 4.84 Å². The quantitative estimate of drug-likeness (QED) is 0.570. The van der Waals surface area contributed by atoms with Gasteiger partial charge in [0.2, 0.25) is 0 Å². The summed E-state index contributed by atoms with van der Waals surface area (Å²) in [4.78, 5) is 4.81. The second-order valence-corrected chi connectivity index (χ2v) is 2.70. The van der Waals surface area contributed by atoms with Gasteiger partial charge < -0.3 is 9.94 Å². The minimum atomic E-state index is 0.300. The van der Waals surface area contributed by atoms with Gasteiger partial charge in [-0.3, -0.25) is 0 Å². The van der Waals surface area contributed by atoms with E-state index >= 15 is 0 Å². The summed E-state index contributed by atoms with van der Waals surface area (Å²) in [6.07, 6.45) is 1.62. The highest BCUT2D eigenvalue weighted by molar-refractivity contribution is 5.79. The summed E-state index contributed by atoms with van der Waals surface area (Å²) in [6, 6.07) is 5.27. The topological polar surface area (TPSA) is 41.8 Å². The lowest BCUT2D eigenvalue weighted by atomic mass is 10.1. The number of oxime groups is 1. The van der Waals surface area contributed by atoms with Crippen LogP contribution in [0.25, 0.3) is 0 Å². The third-order valence-electron chi connectivity index (χ3n) is 1.63. The number of phenolic OH excluding ortho intramolecular Hbond substituents is 1. The summed E-state index contributed by atoms with van der Waals surface area (Å²) in [7, 11) is 0. The van der Waals surface area contributed by atoms with Gasteiger partial charge in [0.15, 0.2) is 0 Å². The van der Waals surface area contributed by atoms with Crippen molar-refractivity contribution in [2.45, 2.75) is 13.8 Å². The van der Waals surface area contributed by atoms with Crippen LogP contribution in [-0.4, -0.2) is 17.9 Å². The Morgan fingerprint density at radius 2 is 2.31 bits per heavy atom. The Bertz CT molecular complexity index is 308. The Morgan fingerprint density at radius 3 is 2.92 bits per heavy atom. The summed E-state index contributed by atoms with van der Waals surface area (Å²) in [5, 5.41) is 13.0. The summed E-state index contributed by atoms with van der Waals surface area (Å²) >= 11 is 0. The number of aromatic hydroxyl groups is 1. The first-order valence-electron chi connectivity index (χ1n) is 4.19. The normalized spacial score (nSPS) is 10.6. The fraction of sp³-hybridized carbons (Fsp3) is 0.300. The smallest absolute Gasteiger partial charge is 0.118 e. The molecule has 1 aromatic rings. The first-order chi connectivity index (χ1) is 6.24. The molecule has 0 aliphatic heterocycles. The van der Waals surface area contributed by atoms with E-state index in [1.807, 2.05) is 19.9 Å². The summed E-state index contributed by atoms with van der Waals surface area (Å²) in [5.41, 5.74) is 1.75. The molecule has 0 atom stereocenters. The molecule has 0 saturated heterocycles. The molecular formula is C10H13NO2. The van der Waals surface area contributed by atoms with Gasteiger partial charge in [0.05, 0.1) is 6.21 Å². The van der Waals surface area contributed by atoms with Gasteiger partial charge in [0.25, 0.3) is 0 Å². The van der Waals surface area contributed by atoms with Crippen LogP contribution in [0.15, 0.2) is 23.4 Å². The highest BCUT2D eigenvalue weighted by Gasteiger charge is 1.95. The van der Waals surface area contributed by atoms with Gasteiger partial charge in [-0.25, -0.2) is 0 Å². The minimum absolute atomic E-state index is 0.300. The molecule has 3 heteroatoms. The molecule has 0 aliphatic rings. The third-order valence-corrected chi connectivity index (χ3v) is 1.63. The molecule has 0 aromatic heterocycles. The molecule has 0 amide bonds. The Hall–Kier alpha value is -1.51. The van der Waals surface area contributed by atoms with E-state index in [4.69, 9.17) is 4.84 Å². The first kappa shape index (κ1) is 9.58. The summed E-state index contributed by atoms with van der Waals surface area (Å²) < 4.78 is 0. The Balaban J connectivity index is 2.73. The van der Waals surface area contributed by atoms with Crippen LogP contribution in [0.4, 0.5) is 0 Å². The SMILES string of the molecule is CCO/N=C/c1ccc(O)c(C)c1. The van der Waals surface area contributed by atoms with Gasteiger partial charge in [-0.05, 0) is 43.2 Å². The van der Waals surface area contributed by atoms with Crippen molar-refractivity contribution in [2.24, 2.45) is 5.16 Å². The molecule has 0 unspecified atom stereocenters. The molecule has 0 aliphatic carbocycles. The molecule has 1 N–H and O–H groups in total. The van der Waals surface area contributed by atoms with Crippen LogP contribution < -0.4 is 0 Å². The van der Waals surface area contributed by atoms with Crippen molar-refractivity contribution in [1.29, 1.82) is 0 Å². The molecule has 0 saturated carbocycles. The van der Waals surface area contributed by atoms with E-state index in [0.29, 0.717) is 12.4 Å². The maximum Gasteiger partial charge on any atom is 0.118 e. The van der Waals surface area contributed by atoms with E-state index in [1.54, 1.807) is 18.3 Å². The van der Waals surface area contributed by atoms with Crippen molar-refractivity contribution in [3.05, 3.63) is 29.3 Å². The number of rotatable bonds is 3. The Morgan fingerprint density at radius 1 is 1.54 bits per heavy atom. The van der Waals surface area contributed by atoms with Gasteiger partial charge in [-0.1, -0.05) is 5.16 Å².